The van der Waals surface area contributed by atoms with Gasteiger partial charge in [-0.05, 0) is 36.2 Å². The fraction of sp³-hybridized carbons (Fsp3) is 0.211. The molecule has 0 aliphatic carbocycles. The number of methoxy groups -OCH3 is 2. The Morgan fingerprint density at radius 1 is 1.08 bits per heavy atom. The summed E-state index contributed by atoms with van der Waals surface area (Å²) in [5.41, 5.74) is 1.70. The molecule has 1 amide bonds. The summed E-state index contributed by atoms with van der Waals surface area (Å²) in [7, 11) is 3.18. The summed E-state index contributed by atoms with van der Waals surface area (Å²) < 4.78 is 15.9. The first kappa shape index (κ1) is 17.5. The SMILES string of the molecule is COc1cccc(CCNC(=O)c2nnc(-c3ccccc3OC)o2)c1. The van der Waals surface area contributed by atoms with Crippen LogP contribution >= 0.6 is 0 Å². The lowest BCUT2D eigenvalue weighted by atomic mass is 10.1. The Morgan fingerprint density at radius 2 is 1.92 bits per heavy atom. The van der Waals surface area contributed by atoms with Crippen LogP contribution < -0.4 is 14.8 Å². The van der Waals surface area contributed by atoms with E-state index in [1.54, 1.807) is 26.4 Å². The van der Waals surface area contributed by atoms with Crippen molar-refractivity contribution in [1.29, 1.82) is 0 Å². The lowest BCUT2D eigenvalue weighted by Gasteiger charge is -2.05. The summed E-state index contributed by atoms with van der Waals surface area (Å²) in [6, 6.07) is 14.9. The number of carbonyl (C=O) groups excluding carboxylic acids is 1. The van der Waals surface area contributed by atoms with Gasteiger partial charge in [0.15, 0.2) is 0 Å². The van der Waals surface area contributed by atoms with Crippen LogP contribution in [0.15, 0.2) is 52.9 Å². The zero-order chi connectivity index (χ0) is 18.4. The second kappa shape index (κ2) is 8.15. The molecule has 0 aliphatic heterocycles. The molecular weight excluding hydrogens is 334 g/mol. The molecular formula is C19H19N3O4. The van der Waals surface area contributed by atoms with Crippen LogP contribution in [0.2, 0.25) is 0 Å². The second-order valence-electron chi connectivity index (χ2n) is 5.47. The van der Waals surface area contributed by atoms with E-state index in [0.29, 0.717) is 24.3 Å². The third kappa shape index (κ3) is 4.00. The van der Waals surface area contributed by atoms with Crippen molar-refractivity contribution in [3.8, 4) is 23.0 Å². The van der Waals surface area contributed by atoms with E-state index in [1.165, 1.54) is 0 Å². The van der Waals surface area contributed by atoms with Crippen molar-refractivity contribution in [3.05, 3.63) is 60.0 Å². The van der Waals surface area contributed by atoms with Crippen LogP contribution in [0.4, 0.5) is 0 Å². The normalized spacial score (nSPS) is 10.4. The van der Waals surface area contributed by atoms with Gasteiger partial charge in [0.1, 0.15) is 11.5 Å². The van der Waals surface area contributed by atoms with Crippen molar-refractivity contribution in [2.45, 2.75) is 6.42 Å². The van der Waals surface area contributed by atoms with Gasteiger partial charge < -0.3 is 19.2 Å². The van der Waals surface area contributed by atoms with Gasteiger partial charge in [-0.3, -0.25) is 4.79 Å². The molecule has 134 valence electrons. The predicted octanol–water partition coefficient (Wildman–Crippen LogP) is 2.73. The van der Waals surface area contributed by atoms with E-state index in [-0.39, 0.29) is 11.8 Å². The molecule has 0 fully saturated rings. The highest BCUT2D eigenvalue weighted by atomic mass is 16.5. The number of hydrogen-bond acceptors (Lipinski definition) is 6. The zero-order valence-electron chi connectivity index (χ0n) is 14.6. The number of benzene rings is 2. The van der Waals surface area contributed by atoms with Crippen molar-refractivity contribution in [2.75, 3.05) is 20.8 Å². The van der Waals surface area contributed by atoms with Crippen LogP contribution in [0, 0.1) is 0 Å². The van der Waals surface area contributed by atoms with Gasteiger partial charge in [-0.25, -0.2) is 0 Å². The van der Waals surface area contributed by atoms with Crippen LogP contribution in [-0.2, 0) is 6.42 Å². The van der Waals surface area contributed by atoms with Gasteiger partial charge in [-0.2, -0.15) is 0 Å². The predicted molar refractivity (Wildman–Crippen MR) is 95.3 cm³/mol. The van der Waals surface area contributed by atoms with Gasteiger partial charge in [-0.1, -0.05) is 24.3 Å². The van der Waals surface area contributed by atoms with Crippen LogP contribution in [0.5, 0.6) is 11.5 Å². The number of aromatic nitrogens is 2. The molecule has 1 heterocycles. The van der Waals surface area contributed by atoms with Crippen molar-refractivity contribution >= 4 is 5.91 Å². The molecule has 0 atom stereocenters. The number of hydrogen-bond donors (Lipinski definition) is 1. The number of amides is 1. The number of carbonyl (C=O) groups is 1. The van der Waals surface area contributed by atoms with Gasteiger partial charge in [0.2, 0.25) is 0 Å². The van der Waals surface area contributed by atoms with Crippen molar-refractivity contribution in [1.82, 2.24) is 15.5 Å². The molecule has 0 unspecified atom stereocenters. The molecule has 0 aliphatic rings. The second-order valence-corrected chi connectivity index (χ2v) is 5.47. The van der Waals surface area contributed by atoms with Crippen LogP contribution in [-0.4, -0.2) is 36.9 Å². The van der Waals surface area contributed by atoms with Crippen molar-refractivity contribution in [3.63, 3.8) is 0 Å². The van der Waals surface area contributed by atoms with Gasteiger partial charge in [0.05, 0.1) is 19.8 Å². The first-order valence-electron chi connectivity index (χ1n) is 8.09. The number of nitrogens with zero attached hydrogens (tertiary/aromatic N) is 2. The third-order valence-corrected chi connectivity index (χ3v) is 3.79. The van der Waals surface area contributed by atoms with Gasteiger partial charge in [0, 0.05) is 6.54 Å². The minimum absolute atomic E-state index is 0.0865. The Bertz CT molecular complexity index is 892. The number of ether oxygens (including phenoxy) is 2. The number of nitrogens with one attached hydrogen (secondary N) is 1. The van der Waals surface area contributed by atoms with E-state index in [1.807, 2.05) is 36.4 Å². The molecule has 7 nitrogen and oxygen atoms in total. The average molecular weight is 353 g/mol. The number of rotatable bonds is 7. The van der Waals surface area contributed by atoms with Gasteiger partial charge in [0.25, 0.3) is 5.89 Å². The van der Waals surface area contributed by atoms with E-state index < -0.39 is 5.91 Å². The molecule has 3 aromatic rings. The van der Waals surface area contributed by atoms with E-state index in [9.17, 15) is 4.79 Å². The van der Waals surface area contributed by atoms with Crippen molar-refractivity contribution < 1.29 is 18.7 Å². The van der Waals surface area contributed by atoms with Crippen LogP contribution in [0.3, 0.4) is 0 Å². The molecule has 26 heavy (non-hydrogen) atoms. The zero-order valence-corrected chi connectivity index (χ0v) is 14.6. The molecule has 3 rings (SSSR count). The molecule has 7 heteroatoms. The maximum Gasteiger partial charge on any atom is 0.308 e. The molecule has 1 aromatic heterocycles. The average Bonchev–Trinajstić information content (AvgIpc) is 3.18. The Hall–Kier alpha value is -3.35. The summed E-state index contributed by atoms with van der Waals surface area (Å²) in [5, 5.41) is 10.5. The van der Waals surface area contributed by atoms with E-state index in [2.05, 4.69) is 15.5 Å². The van der Waals surface area contributed by atoms with Gasteiger partial charge in [-0.15, -0.1) is 10.2 Å². The molecule has 0 saturated heterocycles. The molecule has 0 bridgehead atoms. The topological polar surface area (TPSA) is 86.5 Å². The highest BCUT2D eigenvalue weighted by molar-refractivity contribution is 5.89. The minimum atomic E-state index is -0.415. The third-order valence-electron chi connectivity index (χ3n) is 3.79. The Balaban J connectivity index is 1.61. The van der Waals surface area contributed by atoms with Gasteiger partial charge >= 0.3 is 11.8 Å². The maximum atomic E-state index is 12.2. The summed E-state index contributed by atoms with van der Waals surface area (Å²) in [6.45, 7) is 0.443. The largest absolute Gasteiger partial charge is 0.497 e. The summed E-state index contributed by atoms with van der Waals surface area (Å²) in [4.78, 5) is 12.2. The summed E-state index contributed by atoms with van der Waals surface area (Å²) >= 11 is 0. The van der Waals surface area contributed by atoms with E-state index in [0.717, 1.165) is 11.3 Å². The molecule has 0 radical (unpaired) electrons. The first-order chi connectivity index (χ1) is 12.7. The highest BCUT2D eigenvalue weighted by Crippen LogP contribution is 2.28. The minimum Gasteiger partial charge on any atom is -0.497 e. The first-order valence-corrected chi connectivity index (χ1v) is 8.09. The quantitative estimate of drug-likeness (QED) is 0.703. The lowest BCUT2D eigenvalue weighted by molar-refractivity contribution is 0.0920. The van der Waals surface area contributed by atoms with E-state index in [4.69, 9.17) is 13.9 Å². The Kier molecular flexibility index (Phi) is 5.48. The maximum absolute atomic E-state index is 12.2. The van der Waals surface area contributed by atoms with Crippen molar-refractivity contribution in [2.24, 2.45) is 0 Å². The fourth-order valence-corrected chi connectivity index (χ4v) is 2.47. The summed E-state index contributed by atoms with van der Waals surface area (Å²) in [5.74, 6) is 1.12. The Morgan fingerprint density at radius 3 is 2.73 bits per heavy atom. The Labute approximate surface area is 151 Å². The smallest absolute Gasteiger partial charge is 0.308 e. The van der Waals surface area contributed by atoms with Crippen LogP contribution in [0.25, 0.3) is 11.5 Å². The fourth-order valence-electron chi connectivity index (χ4n) is 2.47. The van der Waals surface area contributed by atoms with Crippen LogP contribution in [0.1, 0.15) is 16.2 Å². The molecule has 2 aromatic carbocycles. The highest BCUT2D eigenvalue weighted by Gasteiger charge is 2.17. The molecule has 0 saturated carbocycles. The van der Waals surface area contributed by atoms with E-state index >= 15 is 0 Å². The lowest BCUT2D eigenvalue weighted by Crippen LogP contribution is -2.26. The molecule has 0 spiro atoms. The standard InChI is InChI=1S/C19H19N3O4/c1-24-14-7-5-6-13(12-14)10-11-20-17(23)19-22-21-18(26-19)15-8-3-4-9-16(15)25-2/h3-9,12H,10-11H2,1-2H3,(H,20,23). The molecule has 1 N–H and O–H groups in total. The number of para-hydroxylation sites is 1. The summed E-state index contributed by atoms with van der Waals surface area (Å²) in [6.07, 6.45) is 0.663. The monoisotopic (exact) mass is 353 g/mol.